The monoisotopic (exact) mass is 334 g/mol. The normalized spacial score (nSPS) is 13.7. The molecule has 5 nitrogen and oxygen atoms in total. The fraction of sp³-hybridized carbons (Fsp3) is 0.300. The number of nitrogens with two attached hydrogens (primary N) is 1. The third-order valence-corrected chi connectivity index (χ3v) is 4.62. The van der Waals surface area contributed by atoms with Gasteiger partial charge >= 0.3 is 0 Å². The van der Waals surface area contributed by atoms with Gasteiger partial charge in [0.2, 0.25) is 11.7 Å². The second-order valence-corrected chi connectivity index (χ2v) is 6.40. The van der Waals surface area contributed by atoms with Gasteiger partial charge in [0.1, 0.15) is 0 Å². The summed E-state index contributed by atoms with van der Waals surface area (Å²) in [6.45, 7) is 2.34. The van der Waals surface area contributed by atoms with E-state index in [4.69, 9.17) is 10.3 Å². The van der Waals surface area contributed by atoms with E-state index in [-0.39, 0.29) is 0 Å². The van der Waals surface area contributed by atoms with E-state index in [1.54, 1.807) is 0 Å². The van der Waals surface area contributed by atoms with Crippen molar-refractivity contribution in [2.45, 2.75) is 25.8 Å². The molecule has 0 saturated carbocycles. The molecule has 0 radical (unpaired) electrons. The summed E-state index contributed by atoms with van der Waals surface area (Å²) in [4.78, 5) is 6.89. The van der Waals surface area contributed by atoms with Crippen LogP contribution in [0.25, 0.3) is 11.4 Å². The van der Waals surface area contributed by atoms with E-state index in [9.17, 15) is 0 Å². The number of aryl methyl sites for hydroxylation is 1. The van der Waals surface area contributed by atoms with Crippen LogP contribution in [-0.4, -0.2) is 23.2 Å². The first-order valence-corrected chi connectivity index (χ1v) is 8.78. The predicted octanol–water partition coefficient (Wildman–Crippen LogP) is 3.19. The lowest BCUT2D eigenvalue weighted by atomic mass is 9.98. The predicted molar refractivity (Wildman–Crippen MR) is 98.3 cm³/mol. The minimum atomic E-state index is 0.642. The van der Waals surface area contributed by atoms with Crippen LogP contribution in [0.5, 0.6) is 0 Å². The molecule has 2 heterocycles. The summed E-state index contributed by atoms with van der Waals surface area (Å²) in [6, 6.07) is 16.6. The molecule has 0 atom stereocenters. The van der Waals surface area contributed by atoms with Gasteiger partial charge in [-0.15, -0.1) is 0 Å². The summed E-state index contributed by atoms with van der Waals surface area (Å²) in [5.74, 6) is 1.30. The van der Waals surface area contributed by atoms with Gasteiger partial charge in [-0.2, -0.15) is 4.98 Å². The van der Waals surface area contributed by atoms with Crippen molar-refractivity contribution >= 4 is 5.69 Å². The maximum atomic E-state index is 5.68. The first kappa shape index (κ1) is 15.8. The molecule has 0 unspecified atom stereocenters. The largest absolute Gasteiger partial charge is 0.362 e. The molecule has 0 amide bonds. The van der Waals surface area contributed by atoms with E-state index in [0.29, 0.717) is 24.8 Å². The molecule has 2 aromatic carbocycles. The van der Waals surface area contributed by atoms with E-state index < -0.39 is 0 Å². The average molecular weight is 334 g/mol. The van der Waals surface area contributed by atoms with Gasteiger partial charge < -0.3 is 15.2 Å². The van der Waals surface area contributed by atoms with E-state index >= 15 is 0 Å². The third kappa shape index (κ3) is 3.42. The zero-order valence-corrected chi connectivity index (χ0v) is 14.2. The minimum absolute atomic E-state index is 0.642. The third-order valence-electron chi connectivity index (χ3n) is 4.62. The molecule has 0 saturated heterocycles. The number of aromatic nitrogens is 2. The first-order valence-electron chi connectivity index (χ1n) is 8.78. The van der Waals surface area contributed by atoms with Gasteiger partial charge in [0.25, 0.3) is 0 Å². The molecule has 3 aromatic rings. The Morgan fingerprint density at radius 1 is 1.12 bits per heavy atom. The number of anilines is 1. The van der Waals surface area contributed by atoms with Crippen LogP contribution in [-0.2, 0) is 19.4 Å². The van der Waals surface area contributed by atoms with Crippen LogP contribution >= 0.6 is 0 Å². The lowest BCUT2D eigenvalue weighted by Crippen LogP contribution is -2.29. The highest BCUT2D eigenvalue weighted by Crippen LogP contribution is 2.29. The van der Waals surface area contributed by atoms with E-state index in [1.807, 2.05) is 30.3 Å². The zero-order valence-electron chi connectivity index (χ0n) is 14.2. The van der Waals surface area contributed by atoms with Gasteiger partial charge in [-0.3, -0.25) is 0 Å². The highest BCUT2D eigenvalue weighted by molar-refractivity contribution is 5.57. The summed E-state index contributed by atoms with van der Waals surface area (Å²) in [5, 5.41) is 4.12. The van der Waals surface area contributed by atoms with Crippen molar-refractivity contribution in [1.29, 1.82) is 0 Å². The molecule has 25 heavy (non-hydrogen) atoms. The van der Waals surface area contributed by atoms with Gasteiger partial charge in [-0.25, -0.2) is 0 Å². The van der Waals surface area contributed by atoms with Gasteiger partial charge in [-0.05, 0) is 43.0 Å². The average Bonchev–Trinajstić information content (AvgIpc) is 3.11. The molecule has 0 bridgehead atoms. The molecule has 0 spiro atoms. The molecule has 4 rings (SSSR count). The Hall–Kier alpha value is -2.66. The van der Waals surface area contributed by atoms with Crippen LogP contribution in [0.4, 0.5) is 5.69 Å². The van der Waals surface area contributed by atoms with E-state index in [0.717, 1.165) is 31.4 Å². The Morgan fingerprint density at radius 2 is 2.00 bits per heavy atom. The van der Waals surface area contributed by atoms with Crippen molar-refractivity contribution in [1.82, 2.24) is 10.1 Å². The quantitative estimate of drug-likeness (QED) is 0.776. The van der Waals surface area contributed by atoms with Crippen LogP contribution < -0.4 is 10.6 Å². The number of fused-ring (bicyclic) bond motifs is 1. The highest BCUT2D eigenvalue weighted by atomic mass is 16.5. The van der Waals surface area contributed by atoms with E-state index in [2.05, 4.69) is 33.2 Å². The van der Waals surface area contributed by atoms with Gasteiger partial charge in [0.15, 0.2) is 0 Å². The lowest BCUT2D eigenvalue weighted by molar-refractivity contribution is 0.375. The molecular weight excluding hydrogens is 312 g/mol. The smallest absolute Gasteiger partial charge is 0.246 e. The Kier molecular flexibility index (Phi) is 4.48. The van der Waals surface area contributed by atoms with Crippen LogP contribution in [0.15, 0.2) is 53.1 Å². The summed E-state index contributed by atoms with van der Waals surface area (Å²) >= 11 is 0. The van der Waals surface area contributed by atoms with Gasteiger partial charge in [-0.1, -0.05) is 47.6 Å². The highest BCUT2D eigenvalue weighted by Gasteiger charge is 2.20. The SMILES string of the molecule is NCCc1ccc2c(c1)CCCN2Cc1nc(-c2ccccc2)no1. The fourth-order valence-corrected chi connectivity index (χ4v) is 3.40. The van der Waals surface area contributed by atoms with Crippen molar-refractivity contribution in [3.8, 4) is 11.4 Å². The Balaban J connectivity index is 1.54. The Labute approximate surface area is 147 Å². The van der Waals surface area contributed by atoms with Crippen molar-refractivity contribution < 1.29 is 4.52 Å². The van der Waals surface area contributed by atoms with E-state index in [1.165, 1.54) is 16.8 Å². The first-order chi connectivity index (χ1) is 12.3. The molecule has 1 aromatic heterocycles. The zero-order chi connectivity index (χ0) is 17.1. The van der Waals surface area contributed by atoms with Crippen LogP contribution in [0.2, 0.25) is 0 Å². The summed E-state index contributed by atoms with van der Waals surface area (Å²) in [6.07, 6.45) is 3.18. The standard InChI is InChI=1S/C20H22N4O/c21-11-10-15-8-9-18-17(13-15)7-4-12-24(18)14-19-22-20(23-25-19)16-5-2-1-3-6-16/h1-3,5-6,8-9,13H,4,7,10-12,14,21H2. The van der Waals surface area contributed by atoms with Gasteiger partial charge in [0.05, 0.1) is 6.54 Å². The summed E-state index contributed by atoms with van der Waals surface area (Å²) in [5.41, 5.74) is 10.6. The number of benzene rings is 2. The Morgan fingerprint density at radius 3 is 2.84 bits per heavy atom. The number of nitrogens with zero attached hydrogens (tertiary/aromatic N) is 3. The molecule has 1 aliphatic rings. The molecule has 128 valence electrons. The summed E-state index contributed by atoms with van der Waals surface area (Å²) < 4.78 is 5.48. The van der Waals surface area contributed by atoms with Crippen LogP contribution in [0.3, 0.4) is 0 Å². The fourth-order valence-electron chi connectivity index (χ4n) is 3.40. The molecule has 5 heteroatoms. The lowest BCUT2D eigenvalue weighted by Gasteiger charge is -2.30. The minimum Gasteiger partial charge on any atom is -0.362 e. The van der Waals surface area contributed by atoms with Crippen molar-refractivity contribution in [2.75, 3.05) is 18.0 Å². The van der Waals surface area contributed by atoms with Crippen LogP contribution in [0, 0.1) is 0 Å². The second-order valence-electron chi connectivity index (χ2n) is 6.40. The number of rotatable bonds is 5. The second kappa shape index (κ2) is 7.07. The topological polar surface area (TPSA) is 68.2 Å². The number of hydrogen-bond acceptors (Lipinski definition) is 5. The maximum Gasteiger partial charge on any atom is 0.246 e. The van der Waals surface area contributed by atoms with Crippen molar-refractivity contribution in [3.63, 3.8) is 0 Å². The van der Waals surface area contributed by atoms with Crippen molar-refractivity contribution in [2.24, 2.45) is 5.73 Å². The number of hydrogen-bond donors (Lipinski definition) is 1. The molecular formula is C20H22N4O. The maximum absolute atomic E-state index is 5.68. The molecule has 0 aliphatic carbocycles. The Bertz CT molecular complexity index is 844. The van der Waals surface area contributed by atoms with Crippen molar-refractivity contribution in [3.05, 3.63) is 65.5 Å². The molecule has 2 N–H and O–H groups in total. The summed E-state index contributed by atoms with van der Waals surface area (Å²) in [7, 11) is 0. The molecule has 0 fully saturated rings. The van der Waals surface area contributed by atoms with Crippen LogP contribution in [0.1, 0.15) is 23.4 Å². The molecule has 1 aliphatic heterocycles. The van der Waals surface area contributed by atoms with Gasteiger partial charge in [0, 0.05) is 17.8 Å².